The number of hydrogen-bond acceptors (Lipinski definition) is 3. The number of hydrogen-bond donors (Lipinski definition) is 2. The van der Waals surface area contributed by atoms with E-state index in [4.69, 9.17) is 4.74 Å². The van der Waals surface area contributed by atoms with Crippen LogP contribution in [0.1, 0.15) is 45.4 Å². The van der Waals surface area contributed by atoms with Gasteiger partial charge < -0.3 is 20.3 Å². The highest BCUT2D eigenvalue weighted by Crippen LogP contribution is 2.24. The number of rotatable bonds is 7. The van der Waals surface area contributed by atoms with Gasteiger partial charge in [0.2, 0.25) is 5.91 Å². The molecule has 6 heteroatoms. The number of nitrogens with one attached hydrogen (secondary N) is 2. The molecule has 1 saturated heterocycles. The third kappa shape index (κ3) is 5.49. The Morgan fingerprint density at radius 1 is 1.26 bits per heavy atom. The average molecular weight is 371 g/mol. The summed E-state index contributed by atoms with van der Waals surface area (Å²) in [5.74, 6) is 0.812. The molecular weight excluding hydrogens is 342 g/mol. The van der Waals surface area contributed by atoms with Gasteiger partial charge in [-0.25, -0.2) is 4.79 Å². The van der Waals surface area contributed by atoms with Crippen molar-refractivity contribution in [1.82, 2.24) is 10.6 Å². The molecule has 1 unspecified atom stereocenters. The van der Waals surface area contributed by atoms with Crippen LogP contribution in [0, 0.1) is 0 Å². The zero-order valence-corrected chi connectivity index (χ0v) is 16.0. The Hall–Kier alpha value is -2.50. The standard InChI is InChI=1S/C21H29N3O3/c1-2-27-19-10-8-18(9-11-19)24-15-17(14-20(24)25)23-21(26)22-13-12-16-6-4-3-5-7-16/h6,8-11,17H,2-5,7,12-15H2,1H3,(H2,22,23,26). The molecule has 0 spiro atoms. The lowest BCUT2D eigenvalue weighted by molar-refractivity contribution is -0.117. The lowest BCUT2D eigenvalue weighted by Gasteiger charge is -2.18. The lowest BCUT2D eigenvalue weighted by Crippen LogP contribution is -2.43. The number of carbonyl (C=O) groups is 2. The molecular formula is C21H29N3O3. The molecule has 1 atom stereocenters. The average Bonchev–Trinajstić information content (AvgIpc) is 3.03. The van der Waals surface area contributed by atoms with Crippen LogP contribution in [0.25, 0.3) is 0 Å². The Kier molecular flexibility index (Phi) is 6.74. The zero-order valence-electron chi connectivity index (χ0n) is 16.0. The van der Waals surface area contributed by atoms with E-state index >= 15 is 0 Å². The van der Waals surface area contributed by atoms with Crippen molar-refractivity contribution in [3.63, 3.8) is 0 Å². The maximum Gasteiger partial charge on any atom is 0.315 e. The van der Waals surface area contributed by atoms with E-state index in [1.807, 2.05) is 31.2 Å². The van der Waals surface area contributed by atoms with Crippen LogP contribution >= 0.6 is 0 Å². The maximum atomic E-state index is 12.3. The Bertz CT molecular complexity index is 684. The van der Waals surface area contributed by atoms with E-state index in [-0.39, 0.29) is 18.0 Å². The van der Waals surface area contributed by atoms with Crippen molar-refractivity contribution < 1.29 is 14.3 Å². The van der Waals surface area contributed by atoms with Crippen LogP contribution in [0.2, 0.25) is 0 Å². The van der Waals surface area contributed by atoms with E-state index in [1.165, 1.54) is 18.4 Å². The summed E-state index contributed by atoms with van der Waals surface area (Å²) in [5, 5.41) is 5.83. The second-order valence-corrected chi connectivity index (χ2v) is 7.09. The number of urea groups is 1. The van der Waals surface area contributed by atoms with E-state index in [9.17, 15) is 9.59 Å². The van der Waals surface area contributed by atoms with Crippen molar-refractivity contribution in [3.05, 3.63) is 35.9 Å². The van der Waals surface area contributed by atoms with Gasteiger partial charge in [-0.3, -0.25) is 4.79 Å². The summed E-state index contributed by atoms with van der Waals surface area (Å²) >= 11 is 0. The van der Waals surface area contributed by atoms with Crippen molar-refractivity contribution in [3.8, 4) is 5.75 Å². The van der Waals surface area contributed by atoms with Crippen molar-refractivity contribution in [2.75, 3.05) is 24.6 Å². The fourth-order valence-corrected chi connectivity index (χ4v) is 3.65. The van der Waals surface area contributed by atoms with Crippen molar-refractivity contribution in [2.45, 2.75) is 51.5 Å². The molecule has 0 aromatic heterocycles. The van der Waals surface area contributed by atoms with Crippen molar-refractivity contribution in [1.29, 1.82) is 0 Å². The van der Waals surface area contributed by atoms with Crippen LogP contribution < -0.4 is 20.3 Å². The number of benzene rings is 1. The topological polar surface area (TPSA) is 70.7 Å². The molecule has 27 heavy (non-hydrogen) atoms. The quantitative estimate of drug-likeness (QED) is 0.722. The molecule has 146 valence electrons. The van der Waals surface area contributed by atoms with E-state index in [0.29, 0.717) is 26.1 Å². The van der Waals surface area contributed by atoms with E-state index in [0.717, 1.165) is 30.7 Å². The molecule has 0 saturated carbocycles. The Labute approximate surface area is 161 Å². The van der Waals surface area contributed by atoms with Gasteiger partial charge in [-0.1, -0.05) is 11.6 Å². The smallest absolute Gasteiger partial charge is 0.315 e. The van der Waals surface area contributed by atoms with Crippen LogP contribution in [0.3, 0.4) is 0 Å². The van der Waals surface area contributed by atoms with Gasteiger partial charge in [-0.15, -0.1) is 0 Å². The summed E-state index contributed by atoms with van der Waals surface area (Å²) in [7, 11) is 0. The highest BCUT2D eigenvalue weighted by Gasteiger charge is 2.31. The first-order chi connectivity index (χ1) is 13.2. The van der Waals surface area contributed by atoms with Crippen molar-refractivity contribution in [2.24, 2.45) is 0 Å². The normalized spacial score (nSPS) is 19.6. The van der Waals surface area contributed by atoms with Gasteiger partial charge in [0, 0.05) is 25.2 Å². The van der Waals surface area contributed by atoms with Gasteiger partial charge in [0.15, 0.2) is 0 Å². The molecule has 0 radical (unpaired) electrons. The minimum atomic E-state index is -0.197. The second-order valence-electron chi connectivity index (χ2n) is 7.09. The van der Waals surface area contributed by atoms with Gasteiger partial charge in [-0.2, -0.15) is 0 Å². The highest BCUT2D eigenvalue weighted by molar-refractivity contribution is 5.96. The number of nitrogens with zero attached hydrogens (tertiary/aromatic N) is 1. The largest absolute Gasteiger partial charge is 0.494 e. The van der Waals surface area contributed by atoms with Crippen LogP contribution in [0.5, 0.6) is 5.75 Å². The zero-order chi connectivity index (χ0) is 19.1. The summed E-state index contributed by atoms with van der Waals surface area (Å²) in [5.41, 5.74) is 2.27. The summed E-state index contributed by atoms with van der Waals surface area (Å²) < 4.78 is 5.43. The molecule has 1 aliphatic carbocycles. The van der Waals surface area contributed by atoms with Crippen LogP contribution in [0.15, 0.2) is 35.9 Å². The molecule has 0 bridgehead atoms. The first kappa shape index (κ1) is 19.3. The summed E-state index contributed by atoms with van der Waals surface area (Å²) in [6.45, 7) is 3.68. The van der Waals surface area contributed by atoms with Gasteiger partial charge in [0.1, 0.15) is 5.75 Å². The molecule has 1 aromatic rings. The predicted molar refractivity (Wildman–Crippen MR) is 106 cm³/mol. The SMILES string of the molecule is CCOc1ccc(N2CC(NC(=O)NCCC3=CCCCC3)CC2=O)cc1. The summed E-state index contributed by atoms with van der Waals surface area (Å²) in [6.07, 6.45) is 8.38. The molecule has 2 aliphatic rings. The predicted octanol–water partition coefficient (Wildman–Crippen LogP) is 3.38. The second kappa shape index (κ2) is 9.44. The van der Waals surface area contributed by atoms with E-state index in [1.54, 1.807) is 4.90 Å². The molecule has 3 rings (SSSR count). The third-order valence-electron chi connectivity index (χ3n) is 5.04. The van der Waals surface area contributed by atoms with Crippen molar-refractivity contribution >= 4 is 17.6 Å². The van der Waals surface area contributed by atoms with Crippen LogP contribution in [0.4, 0.5) is 10.5 Å². The minimum Gasteiger partial charge on any atom is -0.494 e. The molecule has 1 aliphatic heterocycles. The number of allylic oxidation sites excluding steroid dienone is 1. The number of anilines is 1. The Morgan fingerprint density at radius 2 is 2.07 bits per heavy atom. The van der Waals surface area contributed by atoms with E-state index < -0.39 is 0 Å². The molecule has 6 nitrogen and oxygen atoms in total. The Balaban J connectivity index is 1.44. The fourth-order valence-electron chi connectivity index (χ4n) is 3.65. The highest BCUT2D eigenvalue weighted by atomic mass is 16.5. The molecule has 3 amide bonds. The fraction of sp³-hybridized carbons (Fsp3) is 0.524. The molecule has 1 aromatic carbocycles. The first-order valence-electron chi connectivity index (χ1n) is 9.91. The molecule has 1 fully saturated rings. The van der Waals surface area contributed by atoms with Gasteiger partial charge in [-0.05, 0) is 63.3 Å². The summed E-state index contributed by atoms with van der Waals surface area (Å²) in [6, 6.07) is 7.11. The monoisotopic (exact) mass is 371 g/mol. The number of carbonyl (C=O) groups excluding carboxylic acids is 2. The van der Waals surface area contributed by atoms with Gasteiger partial charge in [0.25, 0.3) is 0 Å². The first-order valence-corrected chi connectivity index (χ1v) is 9.91. The maximum absolute atomic E-state index is 12.3. The molecule has 1 heterocycles. The minimum absolute atomic E-state index is 0.0248. The molecule has 2 N–H and O–H groups in total. The van der Waals surface area contributed by atoms with Crippen LogP contribution in [-0.4, -0.2) is 37.7 Å². The lowest BCUT2D eigenvalue weighted by atomic mass is 9.97. The van der Waals surface area contributed by atoms with E-state index in [2.05, 4.69) is 16.7 Å². The number of ether oxygens (including phenoxy) is 1. The third-order valence-corrected chi connectivity index (χ3v) is 5.04. The Morgan fingerprint density at radius 3 is 2.78 bits per heavy atom. The van der Waals surface area contributed by atoms with Gasteiger partial charge in [0.05, 0.1) is 12.6 Å². The van der Waals surface area contributed by atoms with Crippen LogP contribution in [-0.2, 0) is 4.79 Å². The van der Waals surface area contributed by atoms with Gasteiger partial charge >= 0.3 is 6.03 Å². The number of amides is 3. The summed E-state index contributed by atoms with van der Waals surface area (Å²) in [4.78, 5) is 26.1.